The number of aliphatic hydroxyl groups is 1. The topological polar surface area (TPSA) is 38.1 Å². The highest BCUT2D eigenvalue weighted by atomic mass is 16.3. The molecule has 0 aliphatic rings. The van der Waals surface area contributed by atoms with E-state index in [0.29, 0.717) is 6.42 Å². The molecule has 3 rings (SSSR count). The predicted molar refractivity (Wildman–Crippen MR) is 107 cm³/mol. The van der Waals surface area contributed by atoms with Gasteiger partial charge in [0.1, 0.15) is 0 Å². The van der Waals surface area contributed by atoms with E-state index in [9.17, 15) is 5.11 Å². The maximum absolute atomic E-state index is 10.4. The molecule has 0 saturated heterocycles. The molecule has 0 spiro atoms. The molecule has 0 aliphatic heterocycles. The minimum atomic E-state index is -0.538. The second-order valence-corrected chi connectivity index (χ2v) is 7.05. The van der Waals surface area contributed by atoms with Crippen LogP contribution in [0.3, 0.4) is 0 Å². The molecule has 134 valence electrons. The fourth-order valence-corrected chi connectivity index (χ4v) is 3.28. The number of aliphatic hydroxyl groups excluding tert-OH is 1. The van der Waals surface area contributed by atoms with E-state index < -0.39 is 6.10 Å². The second-order valence-electron chi connectivity index (χ2n) is 7.05. The summed E-state index contributed by atoms with van der Waals surface area (Å²) in [5, 5.41) is 10.4. The minimum Gasteiger partial charge on any atom is -0.389 e. The number of rotatable bonds is 6. The lowest BCUT2D eigenvalue weighted by molar-refractivity contribution is 0.222. The minimum absolute atomic E-state index is 0.538. The molecule has 0 fully saturated rings. The molecule has 1 N–H and O–H groups in total. The van der Waals surface area contributed by atoms with E-state index in [-0.39, 0.29) is 0 Å². The molecule has 1 unspecified atom stereocenters. The van der Waals surface area contributed by atoms with Gasteiger partial charge in [-0.15, -0.1) is 0 Å². The van der Waals surface area contributed by atoms with Gasteiger partial charge in [-0.05, 0) is 31.9 Å². The normalized spacial score (nSPS) is 12.6. The van der Waals surface area contributed by atoms with Gasteiger partial charge in [0.2, 0.25) is 0 Å². The number of hydrogen-bond donors (Lipinski definition) is 1. The van der Waals surface area contributed by atoms with Crippen molar-refractivity contribution in [3.63, 3.8) is 0 Å². The van der Waals surface area contributed by atoms with Crippen LogP contribution in [-0.2, 0) is 13.0 Å². The summed E-state index contributed by atoms with van der Waals surface area (Å²) in [6.07, 6.45) is 7.53. The van der Waals surface area contributed by atoms with E-state index in [1.54, 1.807) is 0 Å². The number of imidazole rings is 1. The smallest absolute Gasteiger partial charge is 0.0951 e. The lowest BCUT2D eigenvalue weighted by Crippen LogP contribution is -2.12. The van der Waals surface area contributed by atoms with E-state index in [1.807, 2.05) is 24.7 Å². The summed E-state index contributed by atoms with van der Waals surface area (Å²) in [4.78, 5) is 4.26. The summed E-state index contributed by atoms with van der Waals surface area (Å²) in [6.45, 7) is 7.04. The highest BCUT2D eigenvalue weighted by Gasteiger charge is 2.08. The zero-order valence-electron chi connectivity index (χ0n) is 15.7. The molecule has 1 heterocycles. The summed E-state index contributed by atoms with van der Waals surface area (Å²) in [5.41, 5.74) is 7.11. The van der Waals surface area contributed by atoms with Crippen molar-refractivity contribution in [1.82, 2.24) is 9.55 Å². The molecule has 3 nitrogen and oxygen atoms in total. The molecule has 0 aliphatic carbocycles. The highest BCUT2D eigenvalue weighted by Crippen LogP contribution is 2.13. The van der Waals surface area contributed by atoms with Crippen LogP contribution in [0.1, 0.15) is 33.5 Å². The van der Waals surface area contributed by atoms with Crippen molar-refractivity contribution in [2.75, 3.05) is 0 Å². The predicted octanol–water partition coefficient (Wildman–Crippen LogP) is 4.47. The Morgan fingerprint density at radius 1 is 1.04 bits per heavy atom. The van der Waals surface area contributed by atoms with Gasteiger partial charge in [0.25, 0.3) is 0 Å². The van der Waals surface area contributed by atoms with Crippen LogP contribution in [0.15, 0.2) is 61.1 Å². The molecule has 1 atom stereocenters. The highest BCUT2D eigenvalue weighted by molar-refractivity contribution is 5.52. The number of nitrogens with zero attached hydrogens (tertiary/aromatic N) is 2. The van der Waals surface area contributed by atoms with Gasteiger partial charge in [-0.2, -0.15) is 0 Å². The van der Waals surface area contributed by atoms with Crippen LogP contribution >= 0.6 is 0 Å². The standard InChI is InChI=1S/C23H26N2O/c1-17-5-4-6-21(10-17)15-25-16-24-14-22(25)13-23(26)8-7-20-11-18(2)9-19(3)12-20/h4-12,14,16,23,26H,13,15H2,1-3H3. The molecule has 0 bridgehead atoms. The SMILES string of the molecule is Cc1cc(C)cc(C=CC(O)Cc2cncn2Cc2cccc(C)c2)c1. The number of aryl methyl sites for hydroxylation is 3. The molecule has 0 amide bonds. The Kier molecular flexibility index (Phi) is 5.69. The molecular weight excluding hydrogens is 320 g/mol. The van der Waals surface area contributed by atoms with Crippen LogP contribution in [-0.4, -0.2) is 20.8 Å². The summed E-state index contributed by atoms with van der Waals surface area (Å²) >= 11 is 0. The Hall–Kier alpha value is -2.65. The molecule has 26 heavy (non-hydrogen) atoms. The fraction of sp³-hybridized carbons (Fsp3) is 0.261. The summed E-state index contributed by atoms with van der Waals surface area (Å²) in [7, 11) is 0. The van der Waals surface area contributed by atoms with Crippen LogP contribution in [0.5, 0.6) is 0 Å². The third kappa shape index (κ3) is 4.93. The van der Waals surface area contributed by atoms with Crippen LogP contribution in [0.25, 0.3) is 6.08 Å². The van der Waals surface area contributed by atoms with Gasteiger partial charge >= 0.3 is 0 Å². The zero-order valence-corrected chi connectivity index (χ0v) is 15.7. The maximum Gasteiger partial charge on any atom is 0.0951 e. The quantitative estimate of drug-likeness (QED) is 0.715. The van der Waals surface area contributed by atoms with Gasteiger partial charge in [0, 0.05) is 24.9 Å². The Balaban J connectivity index is 1.67. The zero-order chi connectivity index (χ0) is 18.5. The van der Waals surface area contributed by atoms with Gasteiger partial charge in [-0.1, -0.05) is 71.3 Å². The molecular formula is C23H26N2O. The van der Waals surface area contributed by atoms with Gasteiger partial charge in [0.15, 0.2) is 0 Å². The van der Waals surface area contributed by atoms with E-state index in [1.165, 1.54) is 22.3 Å². The van der Waals surface area contributed by atoms with Crippen LogP contribution < -0.4 is 0 Å². The number of aromatic nitrogens is 2. The lowest BCUT2D eigenvalue weighted by atomic mass is 10.1. The third-order valence-corrected chi connectivity index (χ3v) is 4.41. The van der Waals surface area contributed by atoms with E-state index in [0.717, 1.165) is 17.8 Å². The van der Waals surface area contributed by atoms with Crippen LogP contribution in [0.4, 0.5) is 0 Å². The first-order chi connectivity index (χ1) is 12.5. The average molecular weight is 346 g/mol. The van der Waals surface area contributed by atoms with Gasteiger partial charge in [0.05, 0.1) is 12.4 Å². The lowest BCUT2D eigenvalue weighted by Gasteiger charge is -2.11. The Labute approximate surface area is 155 Å². The van der Waals surface area contributed by atoms with Crippen LogP contribution in [0.2, 0.25) is 0 Å². The third-order valence-electron chi connectivity index (χ3n) is 4.41. The van der Waals surface area contributed by atoms with Crippen molar-refractivity contribution in [2.24, 2.45) is 0 Å². The first-order valence-corrected chi connectivity index (χ1v) is 8.99. The number of hydrogen-bond acceptors (Lipinski definition) is 2. The van der Waals surface area contributed by atoms with E-state index in [4.69, 9.17) is 0 Å². The van der Waals surface area contributed by atoms with Crippen molar-refractivity contribution in [3.05, 3.63) is 94.6 Å². The van der Waals surface area contributed by atoms with Crippen molar-refractivity contribution in [3.8, 4) is 0 Å². The Morgan fingerprint density at radius 2 is 1.81 bits per heavy atom. The van der Waals surface area contributed by atoms with Crippen molar-refractivity contribution < 1.29 is 5.11 Å². The first-order valence-electron chi connectivity index (χ1n) is 8.99. The maximum atomic E-state index is 10.4. The molecule has 3 aromatic rings. The second kappa shape index (κ2) is 8.15. The average Bonchev–Trinajstić information content (AvgIpc) is 2.99. The molecule has 1 aromatic heterocycles. The molecule has 0 saturated carbocycles. The Morgan fingerprint density at radius 3 is 2.54 bits per heavy atom. The first kappa shape index (κ1) is 18.2. The summed E-state index contributed by atoms with van der Waals surface area (Å²) in [5.74, 6) is 0. The van der Waals surface area contributed by atoms with Crippen molar-refractivity contribution in [2.45, 2.75) is 39.8 Å². The molecule has 3 heteroatoms. The molecule has 2 aromatic carbocycles. The molecule has 0 radical (unpaired) electrons. The van der Waals surface area contributed by atoms with Gasteiger partial charge < -0.3 is 9.67 Å². The van der Waals surface area contributed by atoms with Crippen molar-refractivity contribution in [1.29, 1.82) is 0 Å². The summed E-state index contributed by atoms with van der Waals surface area (Å²) < 4.78 is 2.10. The van der Waals surface area contributed by atoms with E-state index >= 15 is 0 Å². The fourth-order valence-electron chi connectivity index (χ4n) is 3.28. The van der Waals surface area contributed by atoms with Gasteiger partial charge in [-0.25, -0.2) is 4.98 Å². The van der Waals surface area contributed by atoms with Gasteiger partial charge in [-0.3, -0.25) is 0 Å². The van der Waals surface area contributed by atoms with Crippen LogP contribution in [0, 0.1) is 20.8 Å². The Bertz CT molecular complexity index is 888. The van der Waals surface area contributed by atoms with E-state index in [2.05, 4.69) is 72.8 Å². The van der Waals surface area contributed by atoms with Crippen molar-refractivity contribution >= 4 is 6.08 Å². The summed E-state index contributed by atoms with van der Waals surface area (Å²) in [6, 6.07) is 14.9. The monoisotopic (exact) mass is 346 g/mol. The number of benzene rings is 2. The largest absolute Gasteiger partial charge is 0.389 e.